The highest BCUT2D eigenvalue weighted by molar-refractivity contribution is 5.93. The first kappa shape index (κ1) is 21.6. The first-order chi connectivity index (χ1) is 15.5. The number of morpholine rings is 1. The summed E-state index contributed by atoms with van der Waals surface area (Å²) in [6, 6.07) is 5.76. The van der Waals surface area contributed by atoms with E-state index in [0.29, 0.717) is 60.1 Å². The lowest BCUT2D eigenvalue weighted by atomic mass is 10.1. The van der Waals surface area contributed by atoms with Crippen LogP contribution in [0.15, 0.2) is 30.6 Å². The number of hydrogen-bond donors (Lipinski definition) is 2. The van der Waals surface area contributed by atoms with Gasteiger partial charge in [-0.25, -0.2) is 14.4 Å². The van der Waals surface area contributed by atoms with Crippen molar-refractivity contribution in [2.45, 2.75) is 6.92 Å². The van der Waals surface area contributed by atoms with Gasteiger partial charge in [-0.15, -0.1) is 0 Å². The van der Waals surface area contributed by atoms with Gasteiger partial charge < -0.3 is 29.5 Å². The molecule has 10 heteroatoms. The largest absolute Gasteiger partial charge is 0.508 e. The van der Waals surface area contributed by atoms with Crippen molar-refractivity contribution in [1.29, 1.82) is 0 Å². The van der Waals surface area contributed by atoms with Crippen LogP contribution in [0.4, 0.5) is 15.9 Å². The fourth-order valence-electron chi connectivity index (χ4n) is 3.42. The van der Waals surface area contributed by atoms with Gasteiger partial charge in [0, 0.05) is 30.1 Å². The number of fused-ring (bicyclic) bond motifs is 1. The summed E-state index contributed by atoms with van der Waals surface area (Å²) in [5.74, 6) is 0.349. The number of nitrogens with one attached hydrogen (secondary N) is 1. The number of aromatic nitrogens is 2. The van der Waals surface area contributed by atoms with Crippen LogP contribution in [0, 0.1) is 12.7 Å². The number of ether oxygens (including phenoxy) is 3. The summed E-state index contributed by atoms with van der Waals surface area (Å²) in [5, 5.41) is 13.4. The minimum atomic E-state index is -0.527. The lowest BCUT2D eigenvalue weighted by Crippen LogP contribution is -2.43. The Morgan fingerprint density at radius 3 is 2.78 bits per heavy atom. The summed E-state index contributed by atoms with van der Waals surface area (Å²) in [6.07, 6.45) is 1.33. The molecule has 1 fully saturated rings. The summed E-state index contributed by atoms with van der Waals surface area (Å²) < 4.78 is 30.8. The van der Waals surface area contributed by atoms with Crippen LogP contribution < -0.4 is 14.8 Å². The zero-order chi connectivity index (χ0) is 22.7. The summed E-state index contributed by atoms with van der Waals surface area (Å²) >= 11 is 0. The number of phenolic OH excluding ortho intramolecular Hbond substituents is 1. The van der Waals surface area contributed by atoms with E-state index in [0.717, 1.165) is 0 Å². The molecule has 2 N–H and O–H groups in total. The maximum atomic E-state index is 14.3. The molecule has 1 aromatic heterocycles. The van der Waals surface area contributed by atoms with Gasteiger partial charge in [-0.1, -0.05) is 0 Å². The fraction of sp³-hybridized carbons (Fsp3) is 0.318. The standard InChI is InChI=1S/C22H23FN4O5/c1-13-17(28)4-3-15(23)21(13)26-22-14-9-18(30-2)19(10-16(14)24-12-25-22)32-11-20(29)27-5-7-31-8-6-27/h3-4,9-10,12,28H,5-8,11H2,1-2H3,(H,24,25,26). The Balaban J connectivity index is 1.61. The van der Waals surface area contributed by atoms with E-state index >= 15 is 0 Å². The van der Waals surface area contributed by atoms with E-state index in [4.69, 9.17) is 14.2 Å². The molecule has 9 nitrogen and oxygen atoms in total. The van der Waals surface area contributed by atoms with Crippen LogP contribution in [0.25, 0.3) is 10.9 Å². The van der Waals surface area contributed by atoms with Crippen LogP contribution in [0.1, 0.15) is 5.56 Å². The summed E-state index contributed by atoms with van der Waals surface area (Å²) in [4.78, 5) is 22.6. The molecule has 0 saturated carbocycles. The van der Waals surface area contributed by atoms with Crippen LogP contribution in [-0.2, 0) is 9.53 Å². The second kappa shape index (κ2) is 9.23. The highest BCUT2D eigenvalue weighted by Gasteiger charge is 2.19. The van der Waals surface area contributed by atoms with E-state index in [2.05, 4.69) is 15.3 Å². The molecule has 1 saturated heterocycles. The lowest BCUT2D eigenvalue weighted by molar-refractivity contribution is -0.137. The first-order valence-corrected chi connectivity index (χ1v) is 10.0. The Bertz CT molecular complexity index is 1150. The zero-order valence-electron chi connectivity index (χ0n) is 17.7. The number of halogens is 1. The van der Waals surface area contributed by atoms with E-state index in [1.54, 1.807) is 24.0 Å². The Hall–Kier alpha value is -3.66. The quantitative estimate of drug-likeness (QED) is 0.600. The SMILES string of the molecule is COc1cc2c(Nc3c(F)ccc(O)c3C)ncnc2cc1OCC(=O)N1CCOCC1. The van der Waals surface area contributed by atoms with Crippen molar-refractivity contribution >= 4 is 28.3 Å². The van der Waals surface area contributed by atoms with Crippen LogP contribution in [0.2, 0.25) is 0 Å². The number of anilines is 2. The molecule has 0 aliphatic carbocycles. The van der Waals surface area contributed by atoms with Gasteiger partial charge in [0.2, 0.25) is 0 Å². The molecule has 0 atom stereocenters. The molecular formula is C22H23FN4O5. The molecule has 1 amide bonds. The van der Waals surface area contributed by atoms with Crippen LogP contribution >= 0.6 is 0 Å². The molecule has 0 spiro atoms. The number of nitrogens with zero attached hydrogens (tertiary/aromatic N) is 3. The van der Waals surface area contributed by atoms with Crippen molar-refractivity contribution in [3.63, 3.8) is 0 Å². The van der Waals surface area contributed by atoms with Crippen molar-refractivity contribution in [3.05, 3.63) is 42.0 Å². The predicted octanol–water partition coefficient (Wildman–Crippen LogP) is 2.77. The highest BCUT2D eigenvalue weighted by atomic mass is 19.1. The van der Waals surface area contributed by atoms with Gasteiger partial charge in [-0.05, 0) is 25.1 Å². The zero-order valence-corrected chi connectivity index (χ0v) is 17.7. The minimum Gasteiger partial charge on any atom is -0.508 e. The van der Waals surface area contributed by atoms with Crippen LogP contribution in [-0.4, -0.2) is 65.9 Å². The minimum absolute atomic E-state index is 0.0366. The third-order valence-corrected chi connectivity index (χ3v) is 5.26. The molecule has 0 unspecified atom stereocenters. The number of methoxy groups -OCH3 is 1. The van der Waals surface area contributed by atoms with Crippen molar-refractivity contribution in [2.75, 3.05) is 45.3 Å². The van der Waals surface area contributed by atoms with Gasteiger partial charge in [-0.3, -0.25) is 4.79 Å². The van der Waals surface area contributed by atoms with Crippen molar-refractivity contribution < 1.29 is 28.5 Å². The van der Waals surface area contributed by atoms with Crippen LogP contribution in [0.5, 0.6) is 17.2 Å². The summed E-state index contributed by atoms with van der Waals surface area (Å²) in [7, 11) is 1.48. The number of phenols is 1. The Morgan fingerprint density at radius 1 is 1.25 bits per heavy atom. The molecule has 1 aliphatic rings. The summed E-state index contributed by atoms with van der Waals surface area (Å²) in [6.45, 7) is 3.54. The van der Waals surface area contributed by atoms with E-state index in [1.807, 2.05) is 0 Å². The van der Waals surface area contributed by atoms with E-state index in [9.17, 15) is 14.3 Å². The molecule has 0 radical (unpaired) electrons. The monoisotopic (exact) mass is 442 g/mol. The normalized spacial score (nSPS) is 13.8. The molecule has 3 aromatic rings. The summed E-state index contributed by atoms with van der Waals surface area (Å²) in [5.41, 5.74) is 0.973. The smallest absolute Gasteiger partial charge is 0.260 e. The predicted molar refractivity (Wildman–Crippen MR) is 115 cm³/mol. The Kier molecular flexibility index (Phi) is 6.22. The molecule has 168 valence electrons. The molecule has 2 aromatic carbocycles. The maximum Gasteiger partial charge on any atom is 0.260 e. The van der Waals surface area contributed by atoms with Crippen LogP contribution in [0.3, 0.4) is 0 Å². The van der Waals surface area contributed by atoms with E-state index in [-0.39, 0.29) is 24.0 Å². The fourth-order valence-corrected chi connectivity index (χ4v) is 3.42. The number of benzene rings is 2. The van der Waals surface area contributed by atoms with Crippen molar-refractivity contribution in [2.24, 2.45) is 0 Å². The average Bonchev–Trinajstić information content (AvgIpc) is 2.82. The topological polar surface area (TPSA) is 106 Å². The van der Waals surface area contributed by atoms with Gasteiger partial charge in [0.05, 0.1) is 31.5 Å². The Labute approximate surface area is 183 Å². The molecule has 32 heavy (non-hydrogen) atoms. The maximum absolute atomic E-state index is 14.3. The van der Waals surface area contributed by atoms with Gasteiger partial charge in [0.1, 0.15) is 23.7 Å². The van der Waals surface area contributed by atoms with Gasteiger partial charge in [-0.2, -0.15) is 0 Å². The molecular weight excluding hydrogens is 419 g/mol. The first-order valence-electron chi connectivity index (χ1n) is 10.0. The molecule has 1 aliphatic heterocycles. The number of aromatic hydroxyl groups is 1. The number of carbonyl (C=O) groups excluding carboxylic acids is 1. The number of hydrogen-bond acceptors (Lipinski definition) is 8. The third-order valence-electron chi connectivity index (χ3n) is 5.26. The second-order valence-corrected chi connectivity index (χ2v) is 7.22. The van der Waals surface area contributed by atoms with E-state index in [1.165, 1.54) is 25.6 Å². The average molecular weight is 442 g/mol. The van der Waals surface area contributed by atoms with Crippen molar-refractivity contribution in [1.82, 2.24) is 14.9 Å². The van der Waals surface area contributed by atoms with Gasteiger partial charge in [0.25, 0.3) is 5.91 Å². The lowest BCUT2D eigenvalue weighted by Gasteiger charge is -2.26. The highest BCUT2D eigenvalue weighted by Crippen LogP contribution is 2.36. The third kappa shape index (κ3) is 4.35. The number of carbonyl (C=O) groups is 1. The van der Waals surface area contributed by atoms with Crippen molar-refractivity contribution in [3.8, 4) is 17.2 Å². The number of rotatable bonds is 6. The molecule has 0 bridgehead atoms. The van der Waals surface area contributed by atoms with E-state index < -0.39 is 5.82 Å². The Morgan fingerprint density at radius 2 is 2.03 bits per heavy atom. The van der Waals surface area contributed by atoms with Gasteiger partial charge in [0.15, 0.2) is 18.1 Å². The molecule has 4 rings (SSSR count). The number of amides is 1. The van der Waals surface area contributed by atoms with Gasteiger partial charge >= 0.3 is 0 Å². The molecule has 2 heterocycles. The second-order valence-electron chi connectivity index (χ2n) is 7.22.